The van der Waals surface area contributed by atoms with Crippen molar-refractivity contribution in [1.82, 2.24) is 4.90 Å². The molecule has 0 saturated carbocycles. The van der Waals surface area contributed by atoms with Crippen LogP contribution >= 0.6 is 11.6 Å². The van der Waals surface area contributed by atoms with Crippen molar-refractivity contribution in [2.24, 2.45) is 0 Å². The summed E-state index contributed by atoms with van der Waals surface area (Å²) >= 11 is 5.80. The molecule has 4 nitrogen and oxygen atoms in total. The van der Waals surface area contributed by atoms with Gasteiger partial charge in [-0.05, 0) is 18.2 Å². The predicted molar refractivity (Wildman–Crippen MR) is 65.0 cm³/mol. The molecule has 92 valence electrons. The van der Waals surface area contributed by atoms with Crippen LogP contribution in [-0.4, -0.2) is 37.5 Å². The predicted octanol–water partition coefficient (Wildman–Crippen LogP) is 1.98. The van der Waals surface area contributed by atoms with E-state index in [0.717, 1.165) is 0 Å². The average Bonchev–Trinajstić information content (AvgIpc) is 2.34. The van der Waals surface area contributed by atoms with Crippen LogP contribution in [0.5, 0.6) is 0 Å². The Morgan fingerprint density at radius 1 is 1.41 bits per heavy atom. The normalized spacial score (nSPS) is 9.82. The second kappa shape index (κ2) is 6.25. The Kier molecular flexibility index (Phi) is 4.97. The smallest absolute Gasteiger partial charge is 0.307 e. The van der Waals surface area contributed by atoms with E-state index in [4.69, 9.17) is 11.6 Å². The number of nitrogens with zero attached hydrogens (tertiary/aromatic N) is 1. The van der Waals surface area contributed by atoms with Crippen molar-refractivity contribution in [1.29, 1.82) is 0 Å². The molecule has 1 rings (SSSR count). The van der Waals surface area contributed by atoms with E-state index < -0.39 is 0 Å². The van der Waals surface area contributed by atoms with Gasteiger partial charge in [-0.3, -0.25) is 9.59 Å². The van der Waals surface area contributed by atoms with Crippen molar-refractivity contribution in [3.8, 4) is 0 Å². The molecule has 0 unspecified atom stereocenters. The van der Waals surface area contributed by atoms with Crippen molar-refractivity contribution < 1.29 is 14.3 Å². The van der Waals surface area contributed by atoms with Crippen LogP contribution in [0, 0.1) is 0 Å². The molecule has 1 aromatic carbocycles. The third-order valence-electron chi connectivity index (χ3n) is 2.30. The van der Waals surface area contributed by atoms with E-state index in [9.17, 15) is 9.59 Å². The zero-order valence-electron chi connectivity index (χ0n) is 9.77. The van der Waals surface area contributed by atoms with Crippen molar-refractivity contribution >= 4 is 23.5 Å². The summed E-state index contributed by atoms with van der Waals surface area (Å²) in [5.41, 5.74) is 0.505. The first-order chi connectivity index (χ1) is 8.04. The third-order valence-corrected chi connectivity index (χ3v) is 2.53. The second-order valence-corrected chi connectivity index (χ2v) is 4.00. The molecule has 0 aliphatic carbocycles. The Balaban J connectivity index is 2.61. The van der Waals surface area contributed by atoms with E-state index in [1.54, 1.807) is 31.3 Å². The quantitative estimate of drug-likeness (QED) is 0.773. The highest BCUT2D eigenvalue weighted by atomic mass is 35.5. The number of esters is 1. The maximum Gasteiger partial charge on any atom is 0.307 e. The first-order valence-corrected chi connectivity index (χ1v) is 5.50. The minimum atomic E-state index is -0.337. The molecule has 0 atom stereocenters. The Morgan fingerprint density at radius 2 is 2.12 bits per heavy atom. The molecule has 1 aromatic rings. The van der Waals surface area contributed by atoms with Crippen molar-refractivity contribution in [2.75, 3.05) is 20.7 Å². The SMILES string of the molecule is COC(=O)CCN(C)C(=O)c1cccc(Cl)c1. The maximum absolute atomic E-state index is 11.9. The maximum atomic E-state index is 11.9. The minimum Gasteiger partial charge on any atom is -0.469 e. The molecule has 5 heteroatoms. The van der Waals surface area contributed by atoms with Gasteiger partial charge in [0.05, 0.1) is 13.5 Å². The number of benzene rings is 1. The fourth-order valence-electron chi connectivity index (χ4n) is 1.30. The average molecular weight is 256 g/mol. The summed E-state index contributed by atoms with van der Waals surface area (Å²) < 4.78 is 4.51. The van der Waals surface area contributed by atoms with Gasteiger partial charge < -0.3 is 9.64 Å². The Labute approximate surface area is 105 Å². The number of hydrogen-bond acceptors (Lipinski definition) is 3. The van der Waals surface area contributed by atoms with Gasteiger partial charge in [0.15, 0.2) is 0 Å². The van der Waals surface area contributed by atoms with Crippen LogP contribution in [0.15, 0.2) is 24.3 Å². The van der Waals surface area contributed by atoms with Crippen LogP contribution in [0.4, 0.5) is 0 Å². The summed E-state index contributed by atoms with van der Waals surface area (Å²) in [6, 6.07) is 6.69. The third kappa shape index (κ3) is 4.07. The summed E-state index contributed by atoms with van der Waals surface area (Å²) in [5.74, 6) is -0.507. The summed E-state index contributed by atoms with van der Waals surface area (Å²) in [7, 11) is 2.95. The second-order valence-electron chi connectivity index (χ2n) is 3.56. The van der Waals surface area contributed by atoms with Gasteiger partial charge in [-0.15, -0.1) is 0 Å². The molecule has 0 heterocycles. The van der Waals surface area contributed by atoms with E-state index in [1.807, 2.05) is 0 Å². The van der Waals surface area contributed by atoms with Gasteiger partial charge in [0.25, 0.3) is 5.91 Å². The highest BCUT2D eigenvalue weighted by Crippen LogP contribution is 2.12. The van der Waals surface area contributed by atoms with Gasteiger partial charge in [0, 0.05) is 24.2 Å². The van der Waals surface area contributed by atoms with Crippen molar-refractivity contribution in [3.63, 3.8) is 0 Å². The first kappa shape index (κ1) is 13.5. The Hall–Kier alpha value is -1.55. The van der Waals surface area contributed by atoms with Gasteiger partial charge in [-0.25, -0.2) is 0 Å². The molecule has 0 saturated heterocycles. The molecule has 0 fully saturated rings. The largest absolute Gasteiger partial charge is 0.469 e. The molecule has 0 aliphatic heterocycles. The summed E-state index contributed by atoms with van der Waals surface area (Å²) in [6.07, 6.45) is 0.180. The van der Waals surface area contributed by atoms with Crippen LogP contribution < -0.4 is 0 Å². The molecular formula is C12H14ClNO3. The Morgan fingerprint density at radius 3 is 2.71 bits per heavy atom. The van der Waals surface area contributed by atoms with Gasteiger partial charge in [-0.1, -0.05) is 17.7 Å². The monoisotopic (exact) mass is 255 g/mol. The highest BCUT2D eigenvalue weighted by Gasteiger charge is 2.13. The molecule has 0 radical (unpaired) electrons. The lowest BCUT2D eigenvalue weighted by Crippen LogP contribution is -2.29. The van der Waals surface area contributed by atoms with Crippen LogP contribution in [-0.2, 0) is 9.53 Å². The summed E-state index contributed by atoms with van der Waals surface area (Å²) in [5, 5.41) is 0.511. The molecule has 0 aromatic heterocycles. The number of hydrogen-bond donors (Lipinski definition) is 0. The van der Waals surface area contributed by atoms with Crippen LogP contribution in [0.1, 0.15) is 16.8 Å². The zero-order chi connectivity index (χ0) is 12.8. The highest BCUT2D eigenvalue weighted by molar-refractivity contribution is 6.30. The molecule has 0 aliphatic rings. The van der Waals surface area contributed by atoms with Crippen molar-refractivity contribution in [3.05, 3.63) is 34.9 Å². The molecular weight excluding hydrogens is 242 g/mol. The number of rotatable bonds is 4. The number of carbonyl (C=O) groups is 2. The molecule has 17 heavy (non-hydrogen) atoms. The van der Waals surface area contributed by atoms with Crippen molar-refractivity contribution in [2.45, 2.75) is 6.42 Å². The fraction of sp³-hybridized carbons (Fsp3) is 0.333. The van der Waals surface area contributed by atoms with Gasteiger partial charge in [0.1, 0.15) is 0 Å². The van der Waals surface area contributed by atoms with Crippen LogP contribution in [0.25, 0.3) is 0 Å². The lowest BCUT2D eigenvalue weighted by Gasteiger charge is -2.16. The van der Waals surface area contributed by atoms with Crippen LogP contribution in [0.3, 0.4) is 0 Å². The van der Waals surface area contributed by atoms with E-state index in [0.29, 0.717) is 17.1 Å². The van der Waals surface area contributed by atoms with E-state index in [1.165, 1.54) is 12.0 Å². The summed E-state index contributed by atoms with van der Waals surface area (Å²) in [6.45, 7) is 0.317. The molecule has 1 amide bonds. The van der Waals surface area contributed by atoms with E-state index in [-0.39, 0.29) is 18.3 Å². The van der Waals surface area contributed by atoms with Crippen LogP contribution in [0.2, 0.25) is 5.02 Å². The van der Waals surface area contributed by atoms with E-state index in [2.05, 4.69) is 4.74 Å². The number of amides is 1. The number of methoxy groups -OCH3 is 1. The number of ether oxygens (including phenoxy) is 1. The fourth-order valence-corrected chi connectivity index (χ4v) is 1.49. The molecule has 0 N–H and O–H groups in total. The molecule has 0 spiro atoms. The Bertz CT molecular complexity index is 420. The lowest BCUT2D eigenvalue weighted by molar-refractivity contribution is -0.140. The minimum absolute atomic E-state index is 0.170. The zero-order valence-corrected chi connectivity index (χ0v) is 10.5. The lowest BCUT2D eigenvalue weighted by atomic mass is 10.2. The first-order valence-electron chi connectivity index (χ1n) is 5.12. The topological polar surface area (TPSA) is 46.6 Å². The number of halogens is 1. The van der Waals surface area contributed by atoms with Gasteiger partial charge >= 0.3 is 5.97 Å². The number of carbonyl (C=O) groups excluding carboxylic acids is 2. The molecule has 0 bridgehead atoms. The summed E-state index contributed by atoms with van der Waals surface area (Å²) in [4.78, 5) is 24.3. The standard InChI is InChI=1S/C12H14ClNO3/c1-14(7-6-11(15)17-2)12(16)9-4-3-5-10(13)8-9/h3-5,8H,6-7H2,1-2H3. The van der Waals surface area contributed by atoms with Gasteiger partial charge in [0.2, 0.25) is 0 Å². The van der Waals surface area contributed by atoms with E-state index >= 15 is 0 Å². The van der Waals surface area contributed by atoms with Gasteiger partial charge in [-0.2, -0.15) is 0 Å².